The molecule has 3 aromatic rings. The molecular weight excluding hydrogens is 605 g/mol. The summed E-state index contributed by atoms with van der Waals surface area (Å²) in [6.07, 6.45) is 4.08. The zero-order chi connectivity index (χ0) is 34.0. The van der Waals surface area contributed by atoms with Gasteiger partial charge in [-0.15, -0.1) is 13.2 Å². The Bertz CT molecular complexity index is 1620. The van der Waals surface area contributed by atoms with Gasteiger partial charge in [0.05, 0.1) is 28.7 Å². The van der Waals surface area contributed by atoms with Crippen molar-refractivity contribution in [2.75, 3.05) is 6.54 Å². The van der Waals surface area contributed by atoms with Crippen molar-refractivity contribution in [2.24, 2.45) is 16.8 Å². The van der Waals surface area contributed by atoms with Gasteiger partial charge in [-0.1, -0.05) is 53.5 Å². The van der Waals surface area contributed by atoms with Crippen LogP contribution >= 0.6 is 0 Å². The average Bonchev–Trinajstić information content (AvgIpc) is 3.36. The summed E-state index contributed by atoms with van der Waals surface area (Å²) < 4.78 is 45.7. The van der Waals surface area contributed by atoms with Gasteiger partial charge in [-0.2, -0.15) is 5.10 Å². The predicted molar refractivity (Wildman–Crippen MR) is 178 cm³/mol. The molecule has 1 saturated carbocycles. The number of ether oxygens (including phenoxy) is 1. The first-order valence-electron chi connectivity index (χ1n) is 17.0. The van der Waals surface area contributed by atoms with E-state index >= 15 is 0 Å². The van der Waals surface area contributed by atoms with Gasteiger partial charge in [-0.05, 0) is 86.6 Å². The van der Waals surface area contributed by atoms with Crippen LogP contribution in [0.15, 0.2) is 35.3 Å². The Morgan fingerprint density at radius 2 is 1.91 bits per heavy atom. The molecule has 0 saturated heterocycles. The van der Waals surface area contributed by atoms with Crippen LogP contribution in [0.1, 0.15) is 124 Å². The number of aryl methyl sites for hydroxylation is 1. The highest BCUT2D eigenvalue weighted by molar-refractivity contribution is 6.01. The highest BCUT2D eigenvalue weighted by Crippen LogP contribution is 2.43. The maximum Gasteiger partial charge on any atom is 0.573 e. The van der Waals surface area contributed by atoms with Crippen LogP contribution < -0.4 is 4.74 Å². The molecule has 1 amide bonds. The minimum atomic E-state index is -4.87. The molecule has 7 nitrogen and oxygen atoms in total. The van der Waals surface area contributed by atoms with Crippen molar-refractivity contribution in [3.63, 3.8) is 0 Å². The second-order valence-corrected chi connectivity index (χ2v) is 13.5. The number of alkyl halides is 3. The quantitative estimate of drug-likeness (QED) is 0.209. The van der Waals surface area contributed by atoms with Crippen LogP contribution in [0.5, 0.6) is 11.5 Å². The third kappa shape index (κ3) is 7.36. The largest absolute Gasteiger partial charge is 0.573 e. The molecule has 2 heterocycles. The van der Waals surface area contributed by atoms with E-state index in [2.05, 4.69) is 29.6 Å². The standard InChI is InChI=1S/C37H47F3N4O3/c1-7-23(5)12-15-28-34-29(8-2)43(19-18-31(34)44(42-28)30-16-13-26(20-32(30)45)25-10-9-11-25)36(46)27-14-17-33(47-37(38,39)40)24(6)35(27)41-21-22(3)4/h13-14,16-17,20-23,25,29,45H,7-12,15,18-19H2,1-6H3. The highest BCUT2D eigenvalue weighted by Gasteiger charge is 2.38. The topological polar surface area (TPSA) is 80.0 Å². The Morgan fingerprint density at radius 3 is 2.51 bits per heavy atom. The number of nitrogens with zero attached hydrogens (tertiary/aromatic N) is 4. The fourth-order valence-electron chi connectivity index (χ4n) is 6.67. The molecule has 0 spiro atoms. The van der Waals surface area contributed by atoms with Crippen LogP contribution in [0.3, 0.4) is 0 Å². The molecular formula is C37H47F3N4O3. The number of phenols is 1. The number of rotatable bonds is 11. The smallest absolute Gasteiger partial charge is 0.506 e. The number of halogens is 3. The minimum Gasteiger partial charge on any atom is -0.506 e. The number of carbonyl (C=O) groups is 1. The van der Waals surface area contributed by atoms with E-state index in [1.807, 2.05) is 42.5 Å². The Balaban J connectivity index is 1.56. The van der Waals surface area contributed by atoms with Crippen molar-refractivity contribution in [3.05, 3.63) is 64.0 Å². The van der Waals surface area contributed by atoms with Crippen molar-refractivity contribution in [3.8, 4) is 17.2 Å². The fourth-order valence-corrected chi connectivity index (χ4v) is 6.67. The van der Waals surface area contributed by atoms with E-state index in [1.54, 1.807) is 6.21 Å². The van der Waals surface area contributed by atoms with E-state index in [1.165, 1.54) is 25.5 Å². The number of amides is 1. The van der Waals surface area contributed by atoms with E-state index in [4.69, 9.17) is 5.10 Å². The molecule has 10 heteroatoms. The predicted octanol–water partition coefficient (Wildman–Crippen LogP) is 9.54. The summed E-state index contributed by atoms with van der Waals surface area (Å²) in [6, 6.07) is 8.20. The maximum atomic E-state index is 14.4. The molecule has 2 aromatic carbocycles. The summed E-state index contributed by atoms with van der Waals surface area (Å²) in [4.78, 5) is 20.7. The number of aliphatic imine (C=N–C) groups is 1. The lowest BCUT2D eigenvalue weighted by Crippen LogP contribution is -2.40. The summed E-state index contributed by atoms with van der Waals surface area (Å²) in [7, 11) is 0. The number of phenolic OH excluding ortho intramolecular Hbond substituents is 1. The van der Waals surface area contributed by atoms with Gasteiger partial charge in [0, 0.05) is 30.3 Å². The van der Waals surface area contributed by atoms with Crippen LogP contribution in [-0.2, 0) is 12.8 Å². The fraction of sp³-hybridized carbons (Fsp3) is 0.541. The lowest BCUT2D eigenvalue weighted by molar-refractivity contribution is -0.274. The zero-order valence-corrected chi connectivity index (χ0v) is 28.3. The number of carbonyl (C=O) groups excluding carboxylic acids is 1. The Morgan fingerprint density at radius 1 is 1.17 bits per heavy atom. The molecule has 2 atom stereocenters. The first-order valence-corrected chi connectivity index (χ1v) is 17.0. The Kier molecular flexibility index (Phi) is 10.4. The van der Waals surface area contributed by atoms with Gasteiger partial charge in [-0.3, -0.25) is 9.79 Å². The van der Waals surface area contributed by atoms with E-state index in [9.17, 15) is 23.1 Å². The maximum absolute atomic E-state index is 14.4. The summed E-state index contributed by atoms with van der Waals surface area (Å²) in [5, 5.41) is 16.3. The van der Waals surface area contributed by atoms with Gasteiger partial charge >= 0.3 is 6.36 Å². The van der Waals surface area contributed by atoms with Crippen LogP contribution in [0.4, 0.5) is 18.9 Å². The number of aromatic hydroxyl groups is 1. The molecule has 1 N–H and O–H groups in total. The molecule has 47 heavy (non-hydrogen) atoms. The molecule has 1 aliphatic carbocycles. The van der Waals surface area contributed by atoms with Gasteiger partial charge in [-0.25, -0.2) is 4.68 Å². The molecule has 254 valence electrons. The molecule has 0 radical (unpaired) electrons. The van der Waals surface area contributed by atoms with Crippen molar-refractivity contribution in [1.29, 1.82) is 0 Å². The summed E-state index contributed by atoms with van der Waals surface area (Å²) in [5.74, 6) is 0.522. The molecule has 0 bridgehead atoms. The second kappa shape index (κ2) is 14.1. The molecule has 1 aromatic heterocycles. The number of aromatic nitrogens is 2. The first-order chi connectivity index (χ1) is 22.3. The lowest BCUT2D eigenvalue weighted by Gasteiger charge is -2.36. The van der Waals surface area contributed by atoms with Gasteiger partial charge in [0.1, 0.15) is 17.2 Å². The van der Waals surface area contributed by atoms with Gasteiger partial charge in [0.2, 0.25) is 0 Å². The number of fused-ring (bicyclic) bond motifs is 1. The van der Waals surface area contributed by atoms with Crippen molar-refractivity contribution < 1.29 is 27.8 Å². The first kappa shape index (κ1) is 34.5. The molecule has 2 unspecified atom stereocenters. The summed E-state index contributed by atoms with van der Waals surface area (Å²) >= 11 is 0. The van der Waals surface area contributed by atoms with E-state index in [-0.39, 0.29) is 46.2 Å². The lowest BCUT2D eigenvalue weighted by atomic mass is 9.80. The average molecular weight is 653 g/mol. The summed E-state index contributed by atoms with van der Waals surface area (Å²) in [5.41, 5.74) is 5.23. The monoisotopic (exact) mass is 652 g/mol. The van der Waals surface area contributed by atoms with E-state index in [0.29, 0.717) is 36.9 Å². The van der Waals surface area contributed by atoms with Gasteiger partial charge < -0.3 is 14.7 Å². The SMILES string of the molecule is CCC(C)CCc1nn(-c2ccc(C3CCC3)cc2O)c2c1C(CC)N(C(=O)c1ccc(OC(F)(F)F)c(C)c1N=CC(C)C)CC2. The zero-order valence-electron chi connectivity index (χ0n) is 28.3. The van der Waals surface area contributed by atoms with E-state index in [0.717, 1.165) is 54.6 Å². The van der Waals surface area contributed by atoms with Crippen molar-refractivity contribution in [2.45, 2.75) is 111 Å². The normalized spacial score (nSPS) is 17.7. The highest BCUT2D eigenvalue weighted by atomic mass is 19.4. The molecule has 1 aliphatic heterocycles. The third-order valence-electron chi connectivity index (χ3n) is 9.76. The van der Waals surface area contributed by atoms with Crippen LogP contribution in [0.2, 0.25) is 0 Å². The summed E-state index contributed by atoms with van der Waals surface area (Å²) in [6.45, 7) is 12.1. The third-order valence-corrected chi connectivity index (χ3v) is 9.76. The molecule has 5 rings (SSSR count). The van der Waals surface area contributed by atoms with E-state index < -0.39 is 6.36 Å². The minimum absolute atomic E-state index is 0.0172. The van der Waals surface area contributed by atoms with Crippen LogP contribution in [-0.4, -0.2) is 44.8 Å². The van der Waals surface area contributed by atoms with Crippen LogP contribution in [0.25, 0.3) is 5.69 Å². The second-order valence-electron chi connectivity index (χ2n) is 13.5. The number of hydrogen-bond acceptors (Lipinski definition) is 5. The van der Waals surface area contributed by atoms with Crippen LogP contribution in [0, 0.1) is 18.8 Å². The number of benzene rings is 2. The van der Waals surface area contributed by atoms with Crippen molar-refractivity contribution in [1.82, 2.24) is 14.7 Å². The molecule has 1 fully saturated rings. The number of hydrogen-bond donors (Lipinski definition) is 1. The van der Waals surface area contributed by atoms with Crippen molar-refractivity contribution >= 4 is 17.8 Å². The Labute approximate surface area is 275 Å². The molecule has 2 aliphatic rings. The van der Waals surface area contributed by atoms with Gasteiger partial charge in [0.25, 0.3) is 5.91 Å². The van der Waals surface area contributed by atoms with Gasteiger partial charge in [0.15, 0.2) is 0 Å². The Hall–Kier alpha value is -3.82.